The normalized spacial score (nSPS) is 45.6. The van der Waals surface area contributed by atoms with Gasteiger partial charge in [-0.1, -0.05) is 31.9 Å². The highest BCUT2D eigenvalue weighted by molar-refractivity contribution is 9.10. The molecule has 4 unspecified atom stereocenters. The average molecular weight is 354 g/mol. The largest absolute Gasteiger partial charge is 0.345 e. The molecule has 1 aliphatic heterocycles. The fraction of sp³-hybridized carbons (Fsp3) is 0.800. The Balaban J connectivity index is 2.04. The molecule has 6 heteroatoms. The van der Waals surface area contributed by atoms with Crippen LogP contribution >= 0.6 is 31.9 Å². The molecule has 1 saturated heterocycles. The number of carbonyl (C=O) groups excluding carboxylic acids is 2. The molecule has 1 heterocycles. The monoisotopic (exact) mass is 352 g/mol. The molecular formula is C10H10Br2O4. The van der Waals surface area contributed by atoms with E-state index in [-0.39, 0.29) is 33.1 Å². The molecule has 0 aromatic rings. The molecule has 0 amide bonds. The third kappa shape index (κ3) is 1.22. The van der Waals surface area contributed by atoms with Gasteiger partial charge in [-0.2, -0.15) is 0 Å². The molecule has 2 bridgehead atoms. The zero-order chi connectivity index (χ0) is 11.5. The number of carbonyl (C=O) groups is 2. The van der Waals surface area contributed by atoms with Crippen molar-refractivity contribution in [3.05, 3.63) is 0 Å². The van der Waals surface area contributed by atoms with E-state index >= 15 is 0 Å². The standard InChI is InChI=1S/C10H10Br2O4/c11-8-4-3-5(7(14)6(4)13)9(12)10(8)15-1-2-16-10/h4-5,8-9H,1-3H2. The van der Waals surface area contributed by atoms with Crippen LogP contribution in [-0.2, 0) is 19.1 Å². The number of ether oxygens (including phenoxy) is 2. The van der Waals surface area contributed by atoms with Crippen molar-refractivity contribution in [2.75, 3.05) is 13.2 Å². The van der Waals surface area contributed by atoms with Crippen LogP contribution in [0, 0.1) is 11.8 Å². The first-order valence-electron chi connectivity index (χ1n) is 5.22. The van der Waals surface area contributed by atoms with Crippen LogP contribution in [0.25, 0.3) is 0 Å². The summed E-state index contributed by atoms with van der Waals surface area (Å²) in [7, 11) is 0. The predicted molar refractivity (Wildman–Crippen MR) is 61.7 cm³/mol. The van der Waals surface area contributed by atoms with Crippen LogP contribution in [0.5, 0.6) is 0 Å². The lowest BCUT2D eigenvalue weighted by Crippen LogP contribution is -2.56. The van der Waals surface area contributed by atoms with E-state index in [4.69, 9.17) is 9.47 Å². The SMILES string of the molecule is O=C1C(=O)C2CC1C(Br)C1(OCCO1)C2Br. The molecule has 0 aromatic carbocycles. The molecule has 1 spiro atoms. The number of fused-ring (bicyclic) bond motifs is 2. The van der Waals surface area contributed by atoms with Gasteiger partial charge in [0, 0.05) is 11.8 Å². The van der Waals surface area contributed by atoms with Gasteiger partial charge in [0.05, 0.1) is 22.9 Å². The van der Waals surface area contributed by atoms with E-state index in [2.05, 4.69) is 31.9 Å². The molecule has 0 aromatic heterocycles. The Bertz CT molecular complexity index is 336. The summed E-state index contributed by atoms with van der Waals surface area (Å²) in [6, 6.07) is 0. The lowest BCUT2D eigenvalue weighted by atomic mass is 9.84. The molecule has 3 aliphatic rings. The highest BCUT2D eigenvalue weighted by Crippen LogP contribution is 2.52. The van der Waals surface area contributed by atoms with Crippen LogP contribution in [0.1, 0.15) is 6.42 Å². The Labute approximate surface area is 109 Å². The Hall–Kier alpha value is 0.220. The second kappa shape index (κ2) is 3.60. The minimum absolute atomic E-state index is 0.248. The lowest BCUT2D eigenvalue weighted by molar-refractivity contribution is -0.177. The molecule has 4 nitrogen and oxygen atoms in total. The molecule has 3 fully saturated rings. The Morgan fingerprint density at radius 2 is 1.44 bits per heavy atom. The third-order valence-electron chi connectivity index (χ3n) is 3.64. The maximum atomic E-state index is 11.8. The zero-order valence-corrected chi connectivity index (χ0v) is 11.5. The van der Waals surface area contributed by atoms with E-state index in [0.717, 1.165) is 0 Å². The summed E-state index contributed by atoms with van der Waals surface area (Å²) in [5, 5.41) is 0. The number of alkyl halides is 2. The van der Waals surface area contributed by atoms with Crippen LogP contribution in [-0.4, -0.2) is 40.2 Å². The molecule has 0 radical (unpaired) electrons. The zero-order valence-electron chi connectivity index (χ0n) is 8.32. The number of hydrogen-bond acceptors (Lipinski definition) is 4. The molecule has 3 rings (SSSR count). The van der Waals surface area contributed by atoms with Crippen LogP contribution in [0.2, 0.25) is 0 Å². The third-order valence-corrected chi connectivity index (χ3v) is 6.19. The average Bonchev–Trinajstić information content (AvgIpc) is 2.84. The van der Waals surface area contributed by atoms with Gasteiger partial charge in [-0.25, -0.2) is 0 Å². The van der Waals surface area contributed by atoms with Gasteiger partial charge in [-0.05, 0) is 6.42 Å². The van der Waals surface area contributed by atoms with Crippen molar-refractivity contribution >= 4 is 43.4 Å². The minimum Gasteiger partial charge on any atom is -0.345 e. The Morgan fingerprint density at radius 1 is 1.00 bits per heavy atom. The van der Waals surface area contributed by atoms with Gasteiger partial charge >= 0.3 is 0 Å². The van der Waals surface area contributed by atoms with E-state index in [0.29, 0.717) is 19.6 Å². The van der Waals surface area contributed by atoms with Crippen LogP contribution in [0.15, 0.2) is 0 Å². The van der Waals surface area contributed by atoms with Crippen molar-refractivity contribution < 1.29 is 19.1 Å². The number of halogens is 2. The second-order valence-electron chi connectivity index (χ2n) is 4.40. The first-order chi connectivity index (χ1) is 7.58. The fourth-order valence-corrected chi connectivity index (χ4v) is 5.20. The summed E-state index contributed by atoms with van der Waals surface area (Å²) in [5.41, 5.74) is 0. The molecular weight excluding hydrogens is 344 g/mol. The molecule has 0 N–H and O–H groups in total. The maximum Gasteiger partial charge on any atom is 0.203 e. The van der Waals surface area contributed by atoms with E-state index in [9.17, 15) is 9.59 Å². The van der Waals surface area contributed by atoms with E-state index in [1.807, 2.05) is 0 Å². The van der Waals surface area contributed by atoms with E-state index in [1.165, 1.54) is 0 Å². The fourth-order valence-electron chi connectivity index (χ4n) is 2.83. The van der Waals surface area contributed by atoms with Crippen molar-refractivity contribution in [1.29, 1.82) is 0 Å². The van der Waals surface area contributed by atoms with Crippen molar-refractivity contribution in [3.8, 4) is 0 Å². The first kappa shape index (κ1) is 11.3. The van der Waals surface area contributed by atoms with Crippen molar-refractivity contribution in [2.45, 2.75) is 21.9 Å². The molecule has 88 valence electrons. The number of hydrogen-bond donors (Lipinski definition) is 0. The van der Waals surface area contributed by atoms with Crippen LogP contribution < -0.4 is 0 Å². The van der Waals surface area contributed by atoms with Gasteiger partial charge in [0.1, 0.15) is 0 Å². The molecule has 2 aliphatic carbocycles. The van der Waals surface area contributed by atoms with Gasteiger partial charge in [-0.15, -0.1) is 0 Å². The number of Topliss-reactive ketones (excluding diaryl/α,β-unsaturated/α-hetero) is 2. The molecule has 4 atom stereocenters. The smallest absolute Gasteiger partial charge is 0.203 e. The second-order valence-corrected chi connectivity index (χ2v) is 6.37. The maximum absolute atomic E-state index is 11.8. The Kier molecular flexibility index (Phi) is 2.55. The summed E-state index contributed by atoms with van der Waals surface area (Å²) in [6.45, 7) is 1.01. The van der Waals surface area contributed by atoms with E-state index in [1.54, 1.807) is 0 Å². The Morgan fingerprint density at radius 3 is 1.88 bits per heavy atom. The van der Waals surface area contributed by atoms with Gasteiger partial charge in [0.15, 0.2) is 5.79 Å². The summed E-state index contributed by atoms with van der Waals surface area (Å²) in [6.07, 6.45) is 0.595. The quantitative estimate of drug-likeness (QED) is 0.482. The highest BCUT2D eigenvalue weighted by atomic mass is 79.9. The van der Waals surface area contributed by atoms with Crippen LogP contribution in [0.4, 0.5) is 0 Å². The topological polar surface area (TPSA) is 52.6 Å². The van der Waals surface area contributed by atoms with Crippen molar-refractivity contribution in [1.82, 2.24) is 0 Å². The first-order valence-corrected chi connectivity index (χ1v) is 7.05. The molecule has 2 saturated carbocycles. The van der Waals surface area contributed by atoms with Crippen molar-refractivity contribution in [3.63, 3.8) is 0 Å². The predicted octanol–water partition coefficient (Wildman–Crippen LogP) is 1.04. The molecule has 16 heavy (non-hydrogen) atoms. The number of rotatable bonds is 0. The summed E-state index contributed by atoms with van der Waals surface area (Å²) >= 11 is 6.96. The minimum atomic E-state index is -0.852. The van der Waals surface area contributed by atoms with Crippen LogP contribution in [0.3, 0.4) is 0 Å². The summed E-state index contributed by atoms with van der Waals surface area (Å²) < 4.78 is 11.3. The van der Waals surface area contributed by atoms with E-state index < -0.39 is 5.79 Å². The van der Waals surface area contributed by atoms with Gasteiger partial charge in [-0.3, -0.25) is 9.59 Å². The lowest BCUT2D eigenvalue weighted by Gasteiger charge is -2.42. The van der Waals surface area contributed by atoms with Crippen molar-refractivity contribution in [2.24, 2.45) is 11.8 Å². The summed E-state index contributed by atoms with van der Waals surface area (Å²) in [4.78, 5) is 23.0. The van der Waals surface area contributed by atoms with Gasteiger partial charge in [0.25, 0.3) is 0 Å². The van der Waals surface area contributed by atoms with Gasteiger partial charge < -0.3 is 9.47 Å². The summed E-state index contributed by atoms with van der Waals surface area (Å²) in [5.74, 6) is -2.02. The highest BCUT2D eigenvalue weighted by Gasteiger charge is 2.65. The number of ketones is 2. The van der Waals surface area contributed by atoms with Gasteiger partial charge in [0.2, 0.25) is 11.6 Å².